The lowest BCUT2D eigenvalue weighted by Gasteiger charge is -2.11. The van der Waals surface area contributed by atoms with Gasteiger partial charge in [0.25, 0.3) is 10.0 Å². The van der Waals surface area contributed by atoms with E-state index in [1.165, 1.54) is 3.97 Å². The highest BCUT2D eigenvalue weighted by molar-refractivity contribution is 7.90. The van der Waals surface area contributed by atoms with E-state index in [1.54, 1.807) is 61.7 Å². The predicted molar refractivity (Wildman–Crippen MR) is 131 cm³/mol. The maximum Gasteiger partial charge on any atom is 0.268 e. The Bertz CT molecular complexity index is 1540. The van der Waals surface area contributed by atoms with E-state index in [0.717, 1.165) is 22.1 Å². The molecule has 0 fully saturated rings. The quantitative estimate of drug-likeness (QED) is 0.425. The number of sulfonamides is 1. The fraction of sp³-hybridized carbons (Fsp3) is 0.200. The molecule has 8 heteroatoms. The maximum absolute atomic E-state index is 13.2. The fourth-order valence-electron chi connectivity index (χ4n) is 3.85. The number of rotatable bonds is 7. The van der Waals surface area contributed by atoms with E-state index in [4.69, 9.17) is 0 Å². The number of aromatic nitrogens is 1. The third-order valence-electron chi connectivity index (χ3n) is 5.63. The molecule has 1 aromatic heterocycles. The average molecular weight is 483 g/mol. The molecule has 0 unspecified atom stereocenters. The number of hydrogen-bond acceptors (Lipinski definition) is 4. The van der Waals surface area contributed by atoms with E-state index in [-0.39, 0.29) is 16.3 Å². The van der Waals surface area contributed by atoms with Gasteiger partial charge in [-0.15, -0.1) is 0 Å². The number of fused-ring (bicyclic) bond motifs is 1. The lowest BCUT2D eigenvalue weighted by molar-refractivity contribution is 0.581. The average Bonchev–Trinajstić information content (AvgIpc) is 3.18. The van der Waals surface area contributed by atoms with E-state index in [1.807, 2.05) is 32.0 Å². The van der Waals surface area contributed by atoms with Gasteiger partial charge in [-0.2, -0.15) is 0 Å². The van der Waals surface area contributed by atoms with Gasteiger partial charge in [0.2, 0.25) is 10.0 Å². The lowest BCUT2D eigenvalue weighted by atomic mass is 10.1. The fourth-order valence-corrected chi connectivity index (χ4v) is 6.45. The highest BCUT2D eigenvalue weighted by Gasteiger charge is 2.19. The molecule has 0 aliphatic heterocycles. The van der Waals surface area contributed by atoms with Crippen LogP contribution < -0.4 is 4.72 Å². The second-order valence-electron chi connectivity index (χ2n) is 8.24. The van der Waals surface area contributed by atoms with Gasteiger partial charge in [-0.1, -0.05) is 47.5 Å². The Morgan fingerprint density at radius 2 is 1.48 bits per heavy atom. The molecule has 0 spiro atoms. The van der Waals surface area contributed by atoms with Crippen LogP contribution in [0, 0.1) is 20.8 Å². The van der Waals surface area contributed by atoms with E-state index < -0.39 is 20.0 Å². The number of nitrogens with one attached hydrogen (secondary N) is 1. The van der Waals surface area contributed by atoms with Crippen molar-refractivity contribution in [2.75, 3.05) is 6.54 Å². The van der Waals surface area contributed by atoms with Crippen molar-refractivity contribution in [1.82, 2.24) is 8.69 Å². The van der Waals surface area contributed by atoms with Crippen molar-refractivity contribution in [2.24, 2.45) is 0 Å². The zero-order valence-electron chi connectivity index (χ0n) is 18.7. The summed E-state index contributed by atoms with van der Waals surface area (Å²) in [6.07, 6.45) is 1.97. The molecule has 33 heavy (non-hydrogen) atoms. The van der Waals surface area contributed by atoms with Gasteiger partial charge in [0, 0.05) is 18.1 Å². The van der Waals surface area contributed by atoms with Crippen LogP contribution in [0.1, 0.15) is 22.3 Å². The molecule has 1 N–H and O–H groups in total. The van der Waals surface area contributed by atoms with Crippen LogP contribution in [0.5, 0.6) is 0 Å². The summed E-state index contributed by atoms with van der Waals surface area (Å²) in [7, 11) is -7.37. The topological polar surface area (TPSA) is 85.2 Å². The van der Waals surface area contributed by atoms with Crippen molar-refractivity contribution in [2.45, 2.75) is 37.0 Å². The van der Waals surface area contributed by atoms with E-state index in [2.05, 4.69) is 4.72 Å². The summed E-state index contributed by atoms with van der Waals surface area (Å²) in [5, 5.41) is 0.797. The van der Waals surface area contributed by atoms with Gasteiger partial charge in [-0.25, -0.2) is 25.5 Å². The molecular weight excluding hydrogens is 456 g/mol. The van der Waals surface area contributed by atoms with Gasteiger partial charge in [-0.3, -0.25) is 0 Å². The lowest BCUT2D eigenvalue weighted by Crippen LogP contribution is -2.26. The predicted octanol–water partition coefficient (Wildman–Crippen LogP) is 4.32. The summed E-state index contributed by atoms with van der Waals surface area (Å²) in [6.45, 7) is 5.80. The van der Waals surface area contributed by atoms with Gasteiger partial charge in [-0.05, 0) is 68.7 Å². The molecule has 0 saturated carbocycles. The Hall–Kier alpha value is -2.94. The molecule has 0 atom stereocenters. The minimum atomic E-state index is -3.74. The second kappa shape index (κ2) is 8.78. The SMILES string of the molecule is Cc1ccc(S(=O)(=O)n2ccc3ccc(CCNS(=O)(=O)c4ccc(C)cc4C)cc32)cc1. The smallest absolute Gasteiger partial charge is 0.241 e. The Kier molecular flexibility index (Phi) is 6.18. The molecule has 0 saturated heterocycles. The normalized spacial score (nSPS) is 12.3. The maximum atomic E-state index is 13.2. The molecule has 0 radical (unpaired) electrons. The highest BCUT2D eigenvalue weighted by Crippen LogP contribution is 2.24. The van der Waals surface area contributed by atoms with Gasteiger partial charge in [0.15, 0.2) is 0 Å². The summed E-state index contributed by atoms with van der Waals surface area (Å²) >= 11 is 0. The van der Waals surface area contributed by atoms with Crippen molar-refractivity contribution >= 4 is 30.9 Å². The van der Waals surface area contributed by atoms with E-state index in [0.29, 0.717) is 17.5 Å². The van der Waals surface area contributed by atoms with Gasteiger partial charge in [0.1, 0.15) is 0 Å². The third kappa shape index (κ3) is 4.73. The number of aryl methyl sites for hydroxylation is 3. The van der Waals surface area contributed by atoms with Crippen molar-refractivity contribution in [1.29, 1.82) is 0 Å². The monoisotopic (exact) mass is 482 g/mol. The molecule has 4 rings (SSSR count). The minimum absolute atomic E-state index is 0.201. The third-order valence-corrected chi connectivity index (χ3v) is 8.95. The van der Waals surface area contributed by atoms with Crippen LogP contribution in [0.2, 0.25) is 0 Å². The zero-order valence-corrected chi connectivity index (χ0v) is 20.4. The van der Waals surface area contributed by atoms with Gasteiger partial charge < -0.3 is 0 Å². The standard InChI is InChI=1S/C25H26N2O4S2/c1-18-4-9-23(10-5-18)33(30,31)27-15-13-22-8-7-21(17-24(22)27)12-14-26-32(28,29)25-11-6-19(2)16-20(25)3/h4-11,13,15-17,26H,12,14H2,1-3H3. The molecule has 4 aromatic rings. The molecule has 3 aromatic carbocycles. The molecule has 6 nitrogen and oxygen atoms in total. The molecule has 172 valence electrons. The van der Waals surface area contributed by atoms with Crippen LogP contribution in [0.3, 0.4) is 0 Å². The zero-order chi connectivity index (χ0) is 23.8. The van der Waals surface area contributed by atoms with Crippen molar-refractivity contribution < 1.29 is 16.8 Å². The minimum Gasteiger partial charge on any atom is -0.241 e. The first-order chi connectivity index (χ1) is 15.6. The summed E-state index contributed by atoms with van der Waals surface area (Å²) in [4.78, 5) is 0.485. The van der Waals surface area contributed by atoms with Crippen LogP contribution in [0.25, 0.3) is 10.9 Å². The Balaban J connectivity index is 1.56. The van der Waals surface area contributed by atoms with Gasteiger partial charge >= 0.3 is 0 Å². The van der Waals surface area contributed by atoms with Crippen molar-refractivity contribution in [3.8, 4) is 0 Å². The summed E-state index contributed by atoms with van der Waals surface area (Å²) in [6, 6.07) is 19.3. The van der Waals surface area contributed by atoms with E-state index >= 15 is 0 Å². The van der Waals surface area contributed by atoms with E-state index in [9.17, 15) is 16.8 Å². The van der Waals surface area contributed by atoms with Crippen molar-refractivity contribution in [3.63, 3.8) is 0 Å². The summed E-state index contributed by atoms with van der Waals surface area (Å²) in [5.41, 5.74) is 4.08. The first kappa shape index (κ1) is 23.2. The van der Waals surface area contributed by atoms with Crippen molar-refractivity contribution in [3.05, 3.63) is 95.2 Å². The number of hydrogen-bond donors (Lipinski definition) is 1. The van der Waals surface area contributed by atoms with Crippen LogP contribution in [-0.4, -0.2) is 27.4 Å². The molecule has 1 heterocycles. The number of benzene rings is 3. The molecule has 0 amide bonds. The molecule has 0 aliphatic carbocycles. The molecular formula is C25H26N2O4S2. The molecule has 0 bridgehead atoms. The first-order valence-corrected chi connectivity index (χ1v) is 13.5. The Labute approximate surface area is 195 Å². The summed E-state index contributed by atoms with van der Waals surface area (Å²) in [5.74, 6) is 0. The number of nitrogens with zero attached hydrogens (tertiary/aromatic N) is 1. The van der Waals surface area contributed by atoms with Crippen LogP contribution in [0.4, 0.5) is 0 Å². The van der Waals surface area contributed by atoms with Crippen LogP contribution in [0.15, 0.2) is 82.7 Å². The Morgan fingerprint density at radius 3 is 2.18 bits per heavy atom. The first-order valence-electron chi connectivity index (χ1n) is 10.6. The second-order valence-corrected chi connectivity index (χ2v) is 11.8. The largest absolute Gasteiger partial charge is 0.268 e. The van der Waals surface area contributed by atoms with Crippen LogP contribution in [-0.2, 0) is 26.5 Å². The van der Waals surface area contributed by atoms with Crippen LogP contribution >= 0.6 is 0 Å². The highest BCUT2D eigenvalue weighted by atomic mass is 32.2. The Morgan fingerprint density at radius 1 is 0.788 bits per heavy atom. The van der Waals surface area contributed by atoms with Gasteiger partial charge in [0.05, 0.1) is 15.3 Å². The summed E-state index contributed by atoms with van der Waals surface area (Å²) < 4.78 is 55.6. The molecule has 0 aliphatic rings.